The molecule has 0 heterocycles. The van der Waals surface area contributed by atoms with E-state index < -0.39 is 27.4 Å². The van der Waals surface area contributed by atoms with Gasteiger partial charge in [0.25, 0.3) is 0 Å². The van der Waals surface area contributed by atoms with E-state index in [1.165, 1.54) is 20.8 Å². The van der Waals surface area contributed by atoms with E-state index in [4.69, 9.17) is 5.26 Å². The van der Waals surface area contributed by atoms with E-state index in [2.05, 4.69) is 0 Å². The van der Waals surface area contributed by atoms with Gasteiger partial charge in [0.05, 0.1) is 21.8 Å². The highest BCUT2D eigenvalue weighted by Crippen LogP contribution is 2.30. The molecule has 88 valence electrons. The first kappa shape index (κ1) is 14.4. The maximum absolute atomic E-state index is 12.4. The van der Waals surface area contributed by atoms with Crippen LogP contribution in [0, 0.1) is 11.3 Å². The Hall–Kier alpha value is -0.610. The molecule has 1 N–H and O–H groups in total. The third-order valence-corrected chi connectivity index (χ3v) is 3.35. The monoisotopic (exact) mass is 242 g/mol. The van der Waals surface area contributed by atoms with Crippen LogP contribution in [0.1, 0.15) is 27.7 Å². The standard InChI is InChI=1S/C8H13F3N2OS/c1-6(2,3)15(14)13-7(4,5-12)8(9,10)11/h13H,1-4H3/t7-,15+/m0/s1. The van der Waals surface area contributed by atoms with Gasteiger partial charge in [0.2, 0.25) is 5.54 Å². The minimum Gasteiger partial charge on any atom is -0.242 e. The van der Waals surface area contributed by atoms with Gasteiger partial charge in [-0.2, -0.15) is 18.4 Å². The van der Waals surface area contributed by atoms with Gasteiger partial charge >= 0.3 is 6.18 Å². The molecule has 0 rings (SSSR count). The Morgan fingerprint density at radius 1 is 1.20 bits per heavy atom. The molecule has 0 aromatic rings. The van der Waals surface area contributed by atoms with Gasteiger partial charge < -0.3 is 0 Å². The molecule has 3 nitrogen and oxygen atoms in total. The summed E-state index contributed by atoms with van der Waals surface area (Å²) < 4.78 is 49.7. The van der Waals surface area contributed by atoms with Gasteiger partial charge in [-0.1, -0.05) is 0 Å². The van der Waals surface area contributed by atoms with Crippen LogP contribution in [0.5, 0.6) is 0 Å². The zero-order chi connectivity index (χ0) is 12.5. The van der Waals surface area contributed by atoms with Crippen LogP contribution >= 0.6 is 0 Å². The van der Waals surface area contributed by atoms with Gasteiger partial charge in [-0.05, 0) is 27.7 Å². The summed E-state index contributed by atoms with van der Waals surface area (Å²) in [7, 11) is -1.95. The molecule has 0 aliphatic heterocycles. The first-order chi connectivity index (χ1) is 6.44. The van der Waals surface area contributed by atoms with E-state index in [0.29, 0.717) is 6.92 Å². The van der Waals surface area contributed by atoms with Crippen molar-refractivity contribution in [2.75, 3.05) is 0 Å². The van der Waals surface area contributed by atoms with Gasteiger partial charge in [-0.3, -0.25) is 0 Å². The maximum atomic E-state index is 12.4. The van der Waals surface area contributed by atoms with Crippen molar-refractivity contribution in [2.24, 2.45) is 0 Å². The average molecular weight is 242 g/mol. The van der Waals surface area contributed by atoms with Crippen LogP contribution in [0.15, 0.2) is 0 Å². The number of hydrogen-bond donors (Lipinski definition) is 1. The van der Waals surface area contributed by atoms with E-state index >= 15 is 0 Å². The number of nitriles is 1. The molecule has 0 amide bonds. The van der Waals surface area contributed by atoms with Crippen LogP contribution in [-0.2, 0) is 11.0 Å². The highest BCUT2D eigenvalue weighted by Gasteiger charge is 2.53. The normalized spacial score (nSPS) is 19.1. The Morgan fingerprint density at radius 3 is 1.80 bits per heavy atom. The molecule has 0 saturated carbocycles. The van der Waals surface area contributed by atoms with Gasteiger partial charge in [-0.25, -0.2) is 8.93 Å². The highest BCUT2D eigenvalue weighted by atomic mass is 32.2. The molecule has 0 bridgehead atoms. The first-order valence-corrected chi connectivity index (χ1v) is 5.27. The van der Waals surface area contributed by atoms with Crippen LogP contribution in [0.4, 0.5) is 13.2 Å². The summed E-state index contributed by atoms with van der Waals surface area (Å²) in [6, 6.07) is 1.09. The van der Waals surface area contributed by atoms with Crippen molar-refractivity contribution >= 4 is 11.0 Å². The highest BCUT2D eigenvalue weighted by molar-refractivity contribution is 7.84. The van der Waals surface area contributed by atoms with Crippen LogP contribution in [0.3, 0.4) is 0 Å². The van der Waals surface area contributed by atoms with Crippen LogP contribution < -0.4 is 4.72 Å². The van der Waals surface area contributed by atoms with E-state index in [0.717, 1.165) is 6.07 Å². The lowest BCUT2D eigenvalue weighted by atomic mass is 10.1. The number of halogens is 3. The van der Waals surface area contributed by atoms with E-state index in [1.807, 2.05) is 4.72 Å². The summed E-state index contributed by atoms with van der Waals surface area (Å²) in [5, 5.41) is 8.47. The molecular weight excluding hydrogens is 229 g/mol. The van der Waals surface area contributed by atoms with Gasteiger partial charge in [0.15, 0.2) is 0 Å². The minimum absolute atomic E-state index is 0.663. The van der Waals surface area contributed by atoms with Crippen LogP contribution in [0.2, 0.25) is 0 Å². The zero-order valence-electron chi connectivity index (χ0n) is 8.90. The summed E-state index contributed by atoms with van der Waals surface area (Å²) in [5.74, 6) is 0. The molecule has 0 radical (unpaired) electrons. The molecule has 2 atom stereocenters. The summed E-state index contributed by atoms with van der Waals surface area (Å²) in [5.41, 5.74) is -2.79. The van der Waals surface area contributed by atoms with Gasteiger partial charge in [-0.15, -0.1) is 0 Å². The SMILES string of the molecule is CC(C)(C)[S@@](=O)N[C@@](C)(C#N)C(F)(F)F. The lowest BCUT2D eigenvalue weighted by molar-refractivity contribution is -0.168. The number of nitrogens with zero attached hydrogens (tertiary/aromatic N) is 1. The fourth-order valence-corrected chi connectivity index (χ4v) is 1.32. The van der Waals surface area contributed by atoms with Gasteiger partial charge in [0, 0.05) is 0 Å². The molecule has 0 saturated heterocycles. The largest absolute Gasteiger partial charge is 0.420 e. The lowest BCUT2D eigenvalue weighted by Gasteiger charge is -2.29. The van der Waals surface area contributed by atoms with Crippen molar-refractivity contribution in [3.05, 3.63) is 0 Å². The number of hydrogen-bond acceptors (Lipinski definition) is 2. The molecule has 7 heteroatoms. The summed E-state index contributed by atoms with van der Waals surface area (Å²) in [6.45, 7) is 5.22. The zero-order valence-corrected chi connectivity index (χ0v) is 9.71. The Balaban J connectivity index is 4.94. The molecule has 15 heavy (non-hydrogen) atoms. The second-order valence-electron chi connectivity index (χ2n) is 4.22. The van der Waals surface area contributed by atoms with E-state index in [-0.39, 0.29) is 0 Å². The Labute approximate surface area is 89.2 Å². The van der Waals surface area contributed by atoms with Crippen LogP contribution in [0.25, 0.3) is 0 Å². The van der Waals surface area contributed by atoms with Crippen molar-refractivity contribution in [3.8, 4) is 6.07 Å². The molecule has 0 aliphatic carbocycles. The average Bonchev–Trinajstić information content (AvgIpc) is 2.00. The van der Waals surface area contributed by atoms with Crippen LogP contribution in [-0.4, -0.2) is 20.7 Å². The molecule has 0 unspecified atom stereocenters. The van der Waals surface area contributed by atoms with Crippen molar-refractivity contribution < 1.29 is 17.4 Å². The van der Waals surface area contributed by atoms with Crippen molar-refractivity contribution in [2.45, 2.75) is 44.2 Å². The number of alkyl halides is 3. The molecule has 0 fully saturated rings. The second kappa shape index (κ2) is 4.10. The molecule has 0 aromatic heterocycles. The molecular formula is C8H13F3N2OS. The summed E-state index contributed by atoms with van der Waals surface area (Å²) >= 11 is 0. The third-order valence-electron chi connectivity index (χ3n) is 1.64. The molecule has 0 aromatic carbocycles. The Kier molecular flexibility index (Phi) is 3.93. The molecule has 0 aliphatic rings. The van der Waals surface area contributed by atoms with Gasteiger partial charge in [0.1, 0.15) is 0 Å². The molecule has 0 spiro atoms. The lowest BCUT2D eigenvalue weighted by Crippen LogP contribution is -2.56. The van der Waals surface area contributed by atoms with E-state index in [9.17, 15) is 17.4 Å². The number of rotatable bonds is 2. The fourth-order valence-electron chi connectivity index (χ4n) is 0.483. The fraction of sp³-hybridized carbons (Fsp3) is 0.875. The minimum atomic E-state index is -4.76. The Bertz CT molecular complexity index is 302. The predicted molar refractivity (Wildman–Crippen MR) is 51.1 cm³/mol. The predicted octanol–water partition coefficient (Wildman–Crippen LogP) is 1.88. The van der Waals surface area contributed by atoms with E-state index in [1.54, 1.807) is 0 Å². The van der Waals surface area contributed by atoms with Crippen molar-refractivity contribution in [3.63, 3.8) is 0 Å². The quantitative estimate of drug-likeness (QED) is 0.803. The van der Waals surface area contributed by atoms with Crippen molar-refractivity contribution in [1.29, 1.82) is 5.26 Å². The third kappa shape index (κ3) is 3.47. The number of nitrogens with one attached hydrogen (secondary N) is 1. The second-order valence-corrected chi connectivity index (χ2v) is 6.18. The summed E-state index contributed by atoms with van der Waals surface area (Å²) in [4.78, 5) is 0. The first-order valence-electron chi connectivity index (χ1n) is 4.12. The van der Waals surface area contributed by atoms with Crippen molar-refractivity contribution in [1.82, 2.24) is 4.72 Å². The topological polar surface area (TPSA) is 52.9 Å². The smallest absolute Gasteiger partial charge is 0.242 e. The maximum Gasteiger partial charge on any atom is 0.420 e. The Morgan fingerprint density at radius 2 is 1.60 bits per heavy atom. The summed E-state index contributed by atoms with van der Waals surface area (Å²) in [6.07, 6.45) is -4.76.